The van der Waals surface area contributed by atoms with Crippen molar-refractivity contribution in [1.29, 1.82) is 0 Å². The average molecular weight is 477 g/mol. The van der Waals surface area contributed by atoms with Gasteiger partial charge in [0.2, 0.25) is 6.10 Å². The van der Waals surface area contributed by atoms with Gasteiger partial charge in [-0.3, -0.25) is 10.0 Å². The molecule has 34 heavy (non-hydrogen) atoms. The Morgan fingerprint density at radius 2 is 1.71 bits per heavy atom. The lowest BCUT2D eigenvalue weighted by Crippen LogP contribution is -2.45. The molecular weight excluding hydrogens is 452 g/mol. The first-order valence-corrected chi connectivity index (χ1v) is 11.3. The minimum absolute atomic E-state index is 0.0554. The molecule has 0 amide bonds. The van der Waals surface area contributed by atoms with E-state index >= 15 is 0 Å². The Bertz CT molecular complexity index is 1200. The van der Waals surface area contributed by atoms with Crippen LogP contribution in [0.5, 0.6) is 5.75 Å². The van der Waals surface area contributed by atoms with E-state index in [0.29, 0.717) is 22.6 Å². The summed E-state index contributed by atoms with van der Waals surface area (Å²) in [6.45, 7) is 1.83. The maximum atomic E-state index is 13.3. The first-order valence-electron chi connectivity index (χ1n) is 10.9. The molecule has 0 aromatic heterocycles. The lowest BCUT2D eigenvalue weighted by molar-refractivity contribution is -0.728. The average Bonchev–Trinajstić information content (AvgIpc) is 2.85. The zero-order chi connectivity index (χ0) is 24.1. The van der Waals surface area contributed by atoms with E-state index in [4.69, 9.17) is 21.7 Å². The van der Waals surface area contributed by atoms with Crippen molar-refractivity contribution in [2.45, 2.75) is 18.9 Å². The number of fused-ring (bicyclic) bond motifs is 1. The van der Waals surface area contributed by atoms with Gasteiger partial charge in [-0.2, -0.15) is 0 Å². The number of esters is 1. The zero-order valence-electron chi connectivity index (χ0n) is 18.5. The molecule has 4 rings (SSSR count). The molecule has 8 heteroatoms. The molecule has 174 valence electrons. The second-order valence-corrected chi connectivity index (χ2v) is 8.15. The highest BCUT2D eigenvalue weighted by Gasteiger charge is 2.50. The van der Waals surface area contributed by atoms with Crippen LogP contribution in [0.3, 0.4) is 0 Å². The Morgan fingerprint density at radius 3 is 2.35 bits per heavy atom. The number of hydrogen-bond donors (Lipinski definition) is 2. The van der Waals surface area contributed by atoms with Gasteiger partial charge in [0.1, 0.15) is 11.7 Å². The number of nitrogens with one attached hydrogen (secondary N) is 1. The van der Waals surface area contributed by atoms with Crippen LogP contribution < -0.4 is 10.1 Å². The molecule has 0 fully saturated rings. The molecule has 0 radical (unpaired) electrons. The molecule has 1 aliphatic heterocycles. The smallest absolute Gasteiger partial charge is 0.317 e. The summed E-state index contributed by atoms with van der Waals surface area (Å²) in [5, 5.41) is 26.0. The van der Waals surface area contributed by atoms with Gasteiger partial charge in [0.15, 0.2) is 0 Å². The standard InChI is InChI=1S/C26H24N2O5S/c1-2-32-26(29)22(25(34)27-18-13-7-4-8-14-18)21-19-15-9-10-16-20(19)33-24(23(21)28(30)31)17-11-5-3-6-12-17/h3-16,21-22,24H,2H2,1H3,(H,27,34)(H,30,31). The summed E-state index contributed by atoms with van der Waals surface area (Å²) in [5.41, 5.74) is 1.83. The van der Waals surface area contributed by atoms with Crippen molar-refractivity contribution < 1.29 is 24.4 Å². The summed E-state index contributed by atoms with van der Waals surface area (Å²) < 4.78 is 11.5. The summed E-state index contributed by atoms with van der Waals surface area (Å²) in [7, 11) is 0. The lowest BCUT2D eigenvalue weighted by atomic mass is 9.77. The molecule has 0 aliphatic carbocycles. The second-order valence-electron chi connectivity index (χ2n) is 7.71. The number of rotatable bonds is 6. The number of para-hydroxylation sites is 2. The van der Waals surface area contributed by atoms with E-state index in [2.05, 4.69) is 5.32 Å². The van der Waals surface area contributed by atoms with Crippen molar-refractivity contribution in [2.75, 3.05) is 11.9 Å². The van der Waals surface area contributed by atoms with Crippen molar-refractivity contribution in [3.63, 3.8) is 0 Å². The van der Waals surface area contributed by atoms with Gasteiger partial charge in [-0.05, 0) is 25.1 Å². The van der Waals surface area contributed by atoms with E-state index in [0.717, 1.165) is 0 Å². The topological polar surface area (TPSA) is 93.9 Å². The third kappa shape index (κ3) is 4.72. The van der Waals surface area contributed by atoms with Crippen molar-refractivity contribution in [2.24, 2.45) is 5.92 Å². The number of benzene rings is 3. The maximum absolute atomic E-state index is 13.3. The highest BCUT2D eigenvalue weighted by molar-refractivity contribution is 7.80. The van der Waals surface area contributed by atoms with E-state index in [1.807, 2.05) is 48.5 Å². The van der Waals surface area contributed by atoms with Crippen LogP contribution in [0.1, 0.15) is 30.1 Å². The molecule has 7 nitrogen and oxygen atoms in total. The maximum Gasteiger partial charge on any atom is 0.317 e. The van der Waals surface area contributed by atoms with Crippen molar-refractivity contribution in [3.8, 4) is 5.75 Å². The summed E-state index contributed by atoms with van der Waals surface area (Å²) in [4.78, 5) is 13.2. The molecule has 3 unspecified atom stereocenters. The van der Waals surface area contributed by atoms with Gasteiger partial charge in [-0.1, -0.05) is 78.9 Å². The monoisotopic (exact) mass is 476 g/mol. The molecule has 3 atom stereocenters. The fourth-order valence-electron chi connectivity index (χ4n) is 4.16. The van der Waals surface area contributed by atoms with E-state index in [-0.39, 0.29) is 22.2 Å². The van der Waals surface area contributed by atoms with Crippen molar-refractivity contribution in [3.05, 3.63) is 101 Å². The SMILES string of the molecule is CCOC(=O)C(C(=S)Nc1ccccc1)C1C(=[N+]([O-])O)C(c2ccccc2)Oc2ccccc21. The second kappa shape index (κ2) is 10.4. The third-order valence-corrected chi connectivity index (χ3v) is 5.96. The van der Waals surface area contributed by atoms with Gasteiger partial charge < -0.3 is 20.0 Å². The number of anilines is 1. The zero-order valence-corrected chi connectivity index (χ0v) is 19.3. The quantitative estimate of drug-likeness (QED) is 0.172. The van der Waals surface area contributed by atoms with E-state index in [9.17, 15) is 15.2 Å². The Morgan fingerprint density at radius 1 is 1.09 bits per heavy atom. The normalized spacial score (nSPS) is 19.2. The summed E-state index contributed by atoms with van der Waals surface area (Å²) >= 11 is 5.68. The number of carbonyl (C=O) groups excluding carboxylic acids is 1. The molecule has 0 spiro atoms. The molecule has 1 heterocycles. The molecule has 3 aromatic rings. The highest BCUT2D eigenvalue weighted by Crippen LogP contribution is 2.44. The first kappa shape index (κ1) is 23.3. The highest BCUT2D eigenvalue weighted by atomic mass is 32.1. The Labute approximate surface area is 202 Å². The molecule has 0 saturated heterocycles. The third-order valence-electron chi connectivity index (χ3n) is 5.61. The molecule has 2 N–H and O–H groups in total. The summed E-state index contributed by atoms with van der Waals surface area (Å²) in [6, 6.07) is 25.3. The Balaban J connectivity index is 1.87. The number of thiocarbonyl (C=S) groups is 1. The largest absolute Gasteiger partial charge is 0.474 e. The van der Waals surface area contributed by atoms with Crippen molar-refractivity contribution >= 4 is 34.6 Å². The Hall–Kier alpha value is -3.91. The first-order chi connectivity index (χ1) is 16.5. The van der Waals surface area contributed by atoms with Gasteiger partial charge in [-0.25, -0.2) is 0 Å². The van der Waals surface area contributed by atoms with Crippen LogP contribution in [0.4, 0.5) is 5.69 Å². The fraction of sp³-hybridized carbons (Fsp3) is 0.192. The lowest BCUT2D eigenvalue weighted by Gasteiger charge is -2.34. The Kier molecular flexibility index (Phi) is 7.08. The van der Waals surface area contributed by atoms with E-state index in [1.165, 1.54) is 0 Å². The van der Waals surface area contributed by atoms with Crippen LogP contribution in [-0.2, 0) is 9.53 Å². The van der Waals surface area contributed by atoms with Gasteiger partial charge in [0.25, 0.3) is 5.71 Å². The van der Waals surface area contributed by atoms with Crippen LogP contribution in [-0.4, -0.2) is 33.4 Å². The molecule has 0 saturated carbocycles. The van der Waals surface area contributed by atoms with Gasteiger partial charge in [-0.15, -0.1) is 0 Å². The fourth-order valence-corrected chi connectivity index (χ4v) is 4.51. The summed E-state index contributed by atoms with van der Waals surface area (Å²) in [5.74, 6) is -2.14. The van der Waals surface area contributed by atoms with Gasteiger partial charge in [0.05, 0.1) is 17.5 Å². The van der Waals surface area contributed by atoms with Crippen LogP contribution in [0.25, 0.3) is 0 Å². The molecule has 0 bridgehead atoms. The number of hydrogen-bond acceptors (Lipinski definition) is 6. The molecule has 3 aromatic carbocycles. The molecule has 1 aliphatic rings. The van der Waals surface area contributed by atoms with Crippen LogP contribution >= 0.6 is 12.2 Å². The van der Waals surface area contributed by atoms with E-state index in [1.54, 1.807) is 43.3 Å². The molecular formula is C26H24N2O5S. The van der Waals surface area contributed by atoms with Crippen LogP contribution in [0, 0.1) is 11.1 Å². The minimum atomic E-state index is -1.09. The van der Waals surface area contributed by atoms with E-state index < -0.39 is 23.9 Å². The number of ether oxygens (including phenoxy) is 2. The number of nitrogens with zero attached hydrogens (tertiary/aromatic N) is 1. The minimum Gasteiger partial charge on any atom is -0.474 e. The van der Waals surface area contributed by atoms with Crippen molar-refractivity contribution in [1.82, 2.24) is 0 Å². The van der Waals surface area contributed by atoms with Crippen LogP contribution in [0.15, 0.2) is 84.9 Å². The van der Waals surface area contributed by atoms with Crippen LogP contribution in [0.2, 0.25) is 0 Å². The van der Waals surface area contributed by atoms with Gasteiger partial charge >= 0.3 is 5.97 Å². The number of carbonyl (C=O) groups is 1. The summed E-state index contributed by atoms with van der Waals surface area (Å²) in [6.07, 6.45) is -0.931. The van der Waals surface area contributed by atoms with Gasteiger partial charge in [0, 0.05) is 21.7 Å². The predicted molar refractivity (Wildman–Crippen MR) is 132 cm³/mol. The predicted octanol–water partition coefficient (Wildman–Crippen LogP) is 4.86.